The zero-order valence-electron chi connectivity index (χ0n) is 17.5. The molecule has 0 aromatic heterocycles. The van der Waals surface area contributed by atoms with Gasteiger partial charge in [0, 0.05) is 13.1 Å². The molecule has 0 bridgehead atoms. The minimum atomic E-state index is -0.884. The second-order valence-corrected chi connectivity index (χ2v) is 8.91. The summed E-state index contributed by atoms with van der Waals surface area (Å²) >= 11 is 0. The third kappa shape index (κ3) is 5.01. The van der Waals surface area contributed by atoms with Crippen LogP contribution in [0.2, 0.25) is 0 Å². The summed E-state index contributed by atoms with van der Waals surface area (Å²) in [5.41, 5.74) is 0.346. The molecule has 7 nitrogen and oxygen atoms in total. The van der Waals surface area contributed by atoms with Gasteiger partial charge in [-0.2, -0.15) is 0 Å². The van der Waals surface area contributed by atoms with E-state index >= 15 is 0 Å². The molecule has 2 aliphatic rings. The van der Waals surface area contributed by atoms with Crippen LogP contribution in [-0.4, -0.2) is 65.5 Å². The number of aliphatic hydroxyl groups is 1. The summed E-state index contributed by atoms with van der Waals surface area (Å²) in [4.78, 5) is 28.4. The van der Waals surface area contributed by atoms with Crippen molar-refractivity contribution in [3.8, 4) is 0 Å². The van der Waals surface area contributed by atoms with Crippen molar-refractivity contribution in [3.05, 3.63) is 35.9 Å². The number of likely N-dealkylation sites (tertiary alicyclic amines) is 1. The van der Waals surface area contributed by atoms with Gasteiger partial charge in [0.2, 0.25) is 0 Å². The van der Waals surface area contributed by atoms with E-state index in [9.17, 15) is 14.7 Å². The molecule has 0 spiro atoms. The number of hydrogen-bond acceptors (Lipinski definition) is 5. The molecule has 1 N–H and O–H groups in total. The lowest BCUT2D eigenvalue weighted by molar-refractivity contribution is 0.00225. The molecule has 0 aliphatic carbocycles. The Morgan fingerprint density at radius 2 is 1.86 bits per heavy atom. The number of carbonyl (C=O) groups is 2. The number of ether oxygens (including phenoxy) is 2. The van der Waals surface area contributed by atoms with E-state index in [-0.39, 0.29) is 24.7 Å². The highest BCUT2D eigenvalue weighted by Crippen LogP contribution is 2.34. The van der Waals surface area contributed by atoms with E-state index in [2.05, 4.69) is 0 Å². The fraction of sp³-hybridized carbons (Fsp3) is 0.636. The minimum absolute atomic E-state index is 0.0615. The third-order valence-corrected chi connectivity index (χ3v) is 5.77. The zero-order chi connectivity index (χ0) is 21.0. The van der Waals surface area contributed by atoms with Crippen LogP contribution in [0.5, 0.6) is 0 Å². The Kier molecular flexibility index (Phi) is 6.67. The van der Waals surface area contributed by atoms with Gasteiger partial charge < -0.3 is 19.5 Å². The van der Waals surface area contributed by atoms with E-state index in [4.69, 9.17) is 9.47 Å². The Morgan fingerprint density at radius 1 is 1.21 bits per heavy atom. The summed E-state index contributed by atoms with van der Waals surface area (Å²) in [7, 11) is 0. The molecule has 2 fully saturated rings. The average molecular weight is 405 g/mol. The first-order valence-corrected chi connectivity index (χ1v) is 10.4. The van der Waals surface area contributed by atoms with Gasteiger partial charge in [0.15, 0.2) is 0 Å². The van der Waals surface area contributed by atoms with E-state index in [1.54, 1.807) is 9.80 Å². The predicted molar refractivity (Wildman–Crippen MR) is 108 cm³/mol. The number of amides is 2. The van der Waals surface area contributed by atoms with Crippen molar-refractivity contribution in [1.82, 2.24) is 9.80 Å². The molecule has 29 heavy (non-hydrogen) atoms. The van der Waals surface area contributed by atoms with Gasteiger partial charge in [-0.3, -0.25) is 4.90 Å². The Hall–Kier alpha value is -2.28. The third-order valence-electron chi connectivity index (χ3n) is 5.77. The summed E-state index contributed by atoms with van der Waals surface area (Å²) in [5, 5.41) is 10.9. The van der Waals surface area contributed by atoms with Gasteiger partial charge in [-0.1, -0.05) is 51.1 Å². The van der Waals surface area contributed by atoms with Crippen LogP contribution >= 0.6 is 0 Å². The topological polar surface area (TPSA) is 79.3 Å². The van der Waals surface area contributed by atoms with Gasteiger partial charge in [-0.25, -0.2) is 9.59 Å². The summed E-state index contributed by atoms with van der Waals surface area (Å²) in [5.74, 6) is 0. The van der Waals surface area contributed by atoms with Gasteiger partial charge in [-0.15, -0.1) is 0 Å². The van der Waals surface area contributed by atoms with Crippen molar-refractivity contribution in [2.24, 2.45) is 5.41 Å². The number of hydrogen-bond donors (Lipinski definition) is 1. The van der Waals surface area contributed by atoms with Crippen molar-refractivity contribution in [2.45, 2.75) is 58.2 Å². The van der Waals surface area contributed by atoms with Crippen molar-refractivity contribution >= 4 is 12.2 Å². The van der Waals surface area contributed by atoms with Crippen LogP contribution < -0.4 is 0 Å². The molecule has 2 aliphatic heterocycles. The first kappa shape index (κ1) is 21.4. The summed E-state index contributed by atoms with van der Waals surface area (Å²) in [6.45, 7) is 7.55. The maximum absolute atomic E-state index is 12.6. The Labute approximate surface area is 172 Å². The SMILES string of the molecule is CC(C)(C)C(COC(=O)N1CCCCC1)N1C(=O)OC[C@H]1C(O)c1ccccc1. The standard InChI is InChI=1S/C22H32N2O5/c1-22(2,3)18(15-29-20(26)23-12-8-5-9-13-23)24-17(14-28-21(24)27)19(25)16-10-6-4-7-11-16/h4,6-7,10-11,17-19,25H,5,8-9,12-15H2,1-3H3/t17-,18?,19?/m0/s1. The molecule has 0 saturated carbocycles. The van der Waals surface area contributed by atoms with Crippen LogP contribution in [0.3, 0.4) is 0 Å². The summed E-state index contributed by atoms with van der Waals surface area (Å²) < 4.78 is 10.9. The maximum atomic E-state index is 12.6. The van der Waals surface area contributed by atoms with Crippen molar-refractivity contribution in [2.75, 3.05) is 26.3 Å². The molecular formula is C22H32N2O5. The van der Waals surface area contributed by atoms with Crippen molar-refractivity contribution in [3.63, 3.8) is 0 Å². The second-order valence-electron chi connectivity index (χ2n) is 8.91. The van der Waals surface area contributed by atoms with E-state index in [1.807, 2.05) is 51.1 Å². The molecule has 0 radical (unpaired) electrons. The summed E-state index contributed by atoms with van der Waals surface area (Å²) in [6, 6.07) is 8.27. The Balaban J connectivity index is 1.75. The second kappa shape index (κ2) is 9.03. The highest BCUT2D eigenvalue weighted by atomic mass is 16.6. The largest absolute Gasteiger partial charge is 0.447 e. The van der Waals surface area contributed by atoms with Crippen LogP contribution in [0.4, 0.5) is 9.59 Å². The van der Waals surface area contributed by atoms with Crippen LogP contribution in [0.15, 0.2) is 30.3 Å². The van der Waals surface area contributed by atoms with E-state index in [0.29, 0.717) is 13.1 Å². The quantitative estimate of drug-likeness (QED) is 0.811. The monoisotopic (exact) mass is 404 g/mol. The molecule has 1 aromatic carbocycles. The summed E-state index contributed by atoms with van der Waals surface area (Å²) in [6.07, 6.45) is 1.40. The minimum Gasteiger partial charge on any atom is -0.447 e. The first-order valence-electron chi connectivity index (χ1n) is 10.4. The van der Waals surface area contributed by atoms with Crippen LogP contribution in [0.1, 0.15) is 51.7 Å². The lowest BCUT2D eigenvalue weighted by Gasteiger charge is -2.40. The Bertz CT molecular complexity index is 697. The molecule has 7 heteroatoms. The number of benzene rings is 1. The first-order chi connectivity index (χ1) is 13.8. The van der Waals surface area contributed by atoms with Gasteiger partial charge >= 0.3 is 12.2 Å². The molecule has 2 amide bonds. The predicted octanol–water partition coefficient (Wildman–Crippen LogP) is 3.58. The number of aliphatic hydroxyl groups excluding tert-OH is 1. The zero-order valence-corrected chi connectivity index (χ0v) is 17.5. The van der Waals surface area contributed by atoms with E-state index < -0.39 is 24.3 Å². The van der Waals surface area contributed by atoms with Crippen LogP contribution in [0, 0.1) is 5.41 Å². The normalized spacial score (nSPS) is 22.2. The molecule has 2 saturated heterocycles. The maximum Gasteiger partial charge on any atom is 0.410 e. The van der Waals surface area contributed by atoms with E-state index in [0.717, 1.165) is 24.8 Å². The van der Waals surface area contributed by atoms with Crippen molar-refractivity contribution < 1.29 is 24.2 Å². The fourth-order valence-electron chi connectivity index (χ4n) is 3.99. The average Bonchev–Trinajstić information content (AvgIpc) is 3.09. The van der Waals surface area contributed by atoms with Gasteiger partial charge in [0.05, 0.1) is 12.1 Å². The molecule has 2 unspecified atom stereocenters. The molecule has 160 valence electrons. The highest BCUT2D eigenvalue weighted by molar-refractivity contribution is 5.71. The van der Waals surface area contributed by atoms with Gasteiger partial charge in [0.1, 0.15) is 19.3 Å². The van der Waals surface area contributed by atoms with Gasteiger partial charge in [-0.05, 0) is 30.2 Å². The number of nitrogens with zero attached hydrogens (tertiary/aromatic N) is 2. The van der Waals surface area contributed by atoms with E-state index in [1.165, 1.54) is 0 Å². The van der Waals surface area contributed by atoms with Gasteiger partial charge in [0.25, 0.3) is 0 Å². The molecule has 1 aromatic rings. The fourth-order valence-corrected chi connectivity index (χ4v) is 3.99. The molecular weight excluding hydrogens is 372 g/mol. The Morgan fingerprint density at radius 3 is 2.48 bits per heavy atom. The smallest absolute Gasteiger partial charge is 0.410 e. The lowest BCUT2D eigenvalue weighted by Crippen LogP contribution is -2.53. The molecule has 3 atom stereocenters. The van der Waals surface area contributed by atoms with Crippen molar-refractivity contribution in [1.29, 1.82) is 0 Å². The lowest BCUT2D eigenvalue weighted by atomic mass is 9.85. The molecule has 3 rings (SSSR count). The van der Waals surface area contributed by atoms with Crippen LogP contribution in [0.25, 0.3) is 0 Å². The molecule has 2 heterocycles. The number of piperidine rings is 1. The number of cyclic esters (lactones) is 1. The highest BCUT2D eigenvalue weighted by Gasteiger charge is 2.46. The van der Waals surface area contributed by atoms with Crippen LogP contribution in [-0.2, 0) is 9.47 Å². The number of carbonyl (C=O) groups excluding carboxylic acids is 2. The number of rotatable bonds is 5.